The van der Waals surface area contributed by atoms with E-state index in [0.29, 0.717) is 0 Å². The van der Waals surface area contributed by atoms with Crippen LogP contribution in [0.1, 0.15) is 5.56 Å². The van der Waals surface area contributed by atoms with Gasteiger partial charge in [0.05, 0.1) is 24.2 Å². The monoisotopic (exact) mass is 323 g/mol. The van der Waals surface area contributed by atoms with Crippen LogP contribution in [0.5, 0.6) is 5.75 Å². The highest BCUT2D eigenvalue weighted by molar-refractivity contribution is 7.86. The van der Waals surface area contributed by atoms with Crippen molar-refractivity contribution in [2.24, 2.45) is 0 Å². The van der Waals surface area contributed by atoms with Gasteiger partial charge < -0.3 is 4.74 Å². The number of ether oxygens (including phenoxy) is 1. The number of methoxy groups -OCH3 is 1. The second-order valence-electron chi connectivity index (χ2n) is 4.25. The van der Waals surface area contributed by atoms with Crippen LogP contribution in [-0.4, -0.2) is 20.5 Å². The molecular formula is C14H13NO6S. The molecule has 0 heterocycles. The summed E-state index contributed by atoms with van der Waals surface area (Å²) in [6.45, 7) is -0.433. The number of hydrogen-bond acceptors (Lipinski definition) is 6. The third-order valence-electron chi connectivity index (χ3n) is 2.90. The van der Waals surface area contributed by atoms with Crippen LogP contribution in [-0.2, 0) is 20.9 Å². The predicted octanol–water partition coefficient (Wildman–Crippen LogP) is 2.51. The molecule has 2 rings (SSSR count). The highest BCUT2D eigenvalue weighted by Gasteiger charge is 2.22. The first-order valence-corrected chi connectivity index (χ1v) is 7.61. The molecule has 0 saturated carbocycles. The first-order chi connectivity index (χ1) is 10.5. The minimum Gasteiger partial charge on any atom is -0.495 e. The number of benzene rings is 2. The normalized spacial score (nSPS) is 11.1. The lowest BCUT2D eigenvalue weighted by Crippen LogP contribution is -2.09. The zero-order chi connectivity index (χ0) is 16.2. The summed E-state index contributed by atoms with van der Waals surface area (Å²) in [7, 11) is -2.75. The van der Waals surface area contributed by atoms with E-state index in [9.17, 15) is 18.5 Å². The molecule has 0 aliphatic heterocycles. The van der Waals surface area contributed by atoms with Crippen LogP contribution in [0.25, 0.3) is 0 Å². The van der Waals surface area contributed by atoms with Crippen molar-refractivity contribution in [3.8, 4) is 5.75 Å². The van der Waals surface area contributed by atoms with E-state index in [0.717, 1.165) is 0 Å². The van der Waals surface area contributed by atoms with Crippen LogP contribution in [0.15, 0.2) is 53.4 Å². The van der Waals surface area contributed by atoms with E-state index in [1.165, 1.54) is 43.5 Å². The number of rotatable bonds is 6. The summed E-state index contributed by atoms with van der Waals surface area (Å²) >= 11 is 0. The van der Waals surface area contributed by atoms with Crippen LogP contribution >= 0.6 is 0 Å². The number of hydrogen-bond donors (Lipinski definition) is 0. The third-order valence-corrected chi connectivity index (χ3v) is 4.20. The van der Waals surface area contributed by atoms with Gasteiger partial charge in [0, 0.05) is 6.07 Å². The third kappa shape index (κ3) is 3.41. The standard InChI is InChI=1S/C14H13NO6S/c1-20-13-8-4-5-9-14(13)22(18,19)21-10-11-6-2-3-7-12(11)15(16)17/h2-9H,10H2,1H3. The first-order valence-electron chi connectivity index (χ1n) is 6.20. The molecule has 0 aromatic heterocycles. The molecule has 0 radical (unpaired) electrons. The molecule has 0 saturated heterocycles. The zero-order valence-electron chi connectivity index (χ0n) is 11.6. The van der Waals surface area contributed by atoms with Gasteiger partial charge in [0.1, 0.15) is 10.6 Å². The lowest BCUT2D eigenvalue weighted by Gasteiger charge is -2.09. The topological polar surface area (TPSA) is 95.7 Å². The number of para-hydroxylation sites is 2. The van der Waals surface area contributed by atoms with Gasteiger partial charge in [0.25, 0.3) is 5.69 Å². The van der Waals surface area contributed by atoms with Crippen molar-refractivity contribution >= 4 is 15.8 Å². The number of nitro groups is 1. The van der Waals surface area contributed by atoms with E-state index in [4.69, 9.17) is 8.92 Å². The van der Waals surface area contributed by atoms with Gasteiger partial charge >= 0.3 is 10.1 Å². The van der Waals surface area contributed by atoms with Crippen molar-refractivity contribution < 1.29 is 22.3 Å². The Kier molecular flexibility index (Phi) is 4.74. The van der Waals surface area contributed by atoms with E-state index < -0.39 is 21.6 Å². The second kappa shape index (κ2) is 6.54. The van der Waals surface area contributed by atoms with E-state index >= 15 is 0 Å². The molecule has 0 spiro atoms. The van der Waals surface area contributed by atoms with Gasteiger partial charge in [0.2, 0.25) is 0 Å². The highest BCUT2D eigenvalue weighted by atomic mass is 32.2. The maximum Gasteiger partial charge on any atom is 0.301 e. The van der Waals surface area contributed by atoms with Crippen LogP contribution < -0.4 is 4.74 Å². The summed E-state index contributed by atoms with van der Waals surface area (Å²) in [6.07, 6.45) is 0. The van der Waals surface area contributed by atoms with Crippen LogP contribution in [0, 0.1) is 10.1 Å². The van der Waals surface area contributed by atoms with E-state index in [-0.39, 0.29) is 21.9 Å². The van der Waals surface area contributed by atoms with Gasteiger partial charge in [-0.1, -0.05) is 24.3 Å². The molecular weight excluding hydrogens is 310 g/mol. The number of nitro benzene ring substituents is 1. The van der Waals surface area contributed by atoms with Crippen molar-refractivity contribution in [2.45, 2.75) is 11.5 Å². The summed E-state index contributed by atoms with van der Waals surface area (Å²) in [5, 5.41) is 10.9. The Balaban J connectivity index is 2.26. The van der Waals surface area contributed by atoms with Crippen LogP contribution in [0.2, 0.25) is 0 Å². The molecule has 0 amide bonds. The Bertz CT molecular complexity index is 787. The predicted molar refractivity (Wildman–Crippen MR) is 78.1 cm³/mol. The lowest BCUT2D eigenvalue weighted by atomic mass is 10.2. The van der Waals surface area contributed by atoms with Gasteiger partial charge in [0.15, 0.2) is 0 Å². The minimum atomic E-state index is -4.09. The maximum absolute atomic E-state index is 12.2. The molecule has 0 aliphatic carbocycles. The Morgan fingerprint density at radius 3 is 2.41 bits per heavy atom. The van der Waals surface area contributed by atoms with Crippen molar-refractivity contribution in [1.82, 2.24) is 0 Å². The summed E-state index contributed by atoms with van der Waals surface area (Å²) in [6, 6.07) is 11.8. The quantitative estimate of drug-likeness (QED) is 0.460. The average molecular weight is 323 g/mol. The van der Waals surface area contributed by atoms with Gasteiger partial charge in [-0.25, -0.2) is 0 Å². The molecule has 22 heavy (non-hydrogen) atoms. The summed E-state index contributed by atoms with van der Waals surface area (Å²) in [5.74, 6) is 0.144. The largest absolute Gasteiger partial charge is 0.495 e. The molecule has 0 bridgehead atoms. The fourth-order valence-electron chi connectivity index (χ4n) is 1.84. The molecule has 2 aromatic rings. The smallest absolute Gasteiger partial charge is 0.301 e. The highest BCUT2D eigenvalue weighted by Crippen LogP contribution is 2.26. The second-order valence-corrected chi connectivity index (χ2v) is 5.84. The Morgan fingerprint density at radius 2 is 1.73 bits per heavy atom. The van der Waals surface area contributed by atoms with Crippen LogP contribution in [0.4, 0.5) is 5.69 Å². The SMILES string of the molecule is COc1ccccc1S(=O)(=O)OCc1ccccc1[N+](=O)[O-]. The molecule has 7 nitrogen and oxygen atoms in total. The fraction of sp³-hybridized carbons (Fsp3) is 0.143. The Morgan fingerprint density at radius 1 is 1.09 bits per heavy atom. The molecule has 0 N–H and O–H groups in total. The summed E-state index contributed by atoms with van der Waals surface area (Å²) in [5.41, 5.74) is -0.0244. The molecule has 0 aliphatic rings. The molecule has 0 fully saturated rings. The van der Waals surface area contributed by atoms with Gasteiger partial charge in [-0.3, -0.25) is 14.3 Å². The van der Waals surface area contributed by atoms with Gasteiger partial charge in [-0.05, 0) is 18.2 Å². The summed E-state index contributed by atoms with van der Waals surface area (Å²) < 4.78 is 34.3. The van der Waals surface area contributed by atoms with E-state index in [2.05, 4.69) is 0 Å². The minimum absolute atomic E-state index is 0.129. The molecule has 116 valence electrons. The lowest BCUT2D eigenvalue weighted by molar-refractivity contribution is -0.385. The van der Waals surface area contributed by atoms with Gasteiger partial charge in [-0.15, -0.1) is 0 Å². The van der Waals surface area contributed by atoms with Crippen molar-refractivity contribution in [3.05, 3.63) is 64.2 Å². The average Bonchev–Trinajstić information content (AvgIpc) is 2.53. The molecule has 0 atom stereocenters. The fourth-order valence-corrected chi connectivity index (χ4v) is 2.89. The van der Waals surface area contributed by atoms with Crippen molar-refractivity contribution in [1.29, 1.82) is 0 Å². The van der Waals surface area contributed by atoms with Crippen LogP contribution in [0.3, 0.4) is 0 Å². The maximum atomic E-state index is 12.2. The molecule has 0 unspecified atom stereocenters. The molecule has 8 heteroatoms. The van der Waals surface area contributed by atoms with E-state index in [1.807, 2.05) is 0 Å². The van der Waals surface area contributed by atoms with Crippen molar-refractivity contribution in [2.75, 3.05) is 7.11 Å². The van der Waals surface area contributed by atoms with E-state index in [1.54, 1.807) is 12.1 Å². The van der Waals surface area contributed by atoms with Gasteiger partial charge in [-0.2, -0.15) is 8.42 Å². The summed E-state index contributed by atoms with van der Waals surface area (Å²) in [4.78, 5) is 10.2. The Labute approximate surface area is 127 Å². The zero-order valence-corrected chi connectivity index (χ0v) is 12.4. The first kappa shape index (κ1) is 15.9. The Hall–Kier alpha value is -2.45. The number of nitrogens with zero attached hydrogens (tertiary/aromatic N) is 1. The molecule has 2 aromatic carbocycles. The van der Waals surface area contributed by atoms with Crippen molar-refractivity contribution in [3.63, 3.8) is 0 Å².